The minimum atomic E-state index is 0.131. The molecule has 1 heterocycles. The summed E-state index contributed by atoms with van der Waals surface area (Å²) >= 11 is 0. The maximum absolute atomic E-state index is 12.0. The second-order valence-corrected chi connectivity index (χ2v) is 4.81. The SMILES string of the molecule is CC1Cc2c(cccc2-c2cccn2C)C1=O. The minimum Gasteiger partial charge on any atom is -0.351 e. The Hall–Kier alpha value is -1.83. The third-order valence-electron chi connectivity index (χ3n) is 3.62. The van der Waals surface area contributed by atoms with Gasteiger partial charge in [0.05, 0.1) is 0 Å². The van der Waals surface area contributed by atoms with E-state index < -0.39 is 0 Å². The summed E-state index contributed by atoms with van der Waals surface area (Å²) in [6, 6.07) is 10.2. The number of hydrogen-bond acceptors (Lipinski definition) is 1. The Morgan fingerprint density at radius 1 is 1.18 bits per heavy atom. The summed E-state index contributed by atoms with van der Waals surface area (Å²) in [6.45, 7) is 2.01. The van der Waals surface area contributed by atoms with Gasteiger partial charge in [-0.2, -0.15) is 0 Å². The topological polar surface area (TPSA) is 22.0 Å². The highest BCUT2D eigenvalue weighted by molar-refractivity contribution is 6.03. The Kier molecular flexibility index (Phi) is 2.18. The molecule has 0 saturated carbocycles. The minimum absolute atomic E-state index is 0.131. The van der Waals surface area contributed by atoms with Crippen LogP contribution in [-0.4, -0.2) is 10.4 Å². The molecule has 1 aromatic carbocycles. The van der Waals surface area contributed by atoms with Crippen LogP contribution in [0.15, 0.2) is 36.5 Å². The fourth-order valence-corrected chi connectivity index (χ4v) is 2.68. The second-order valence-electron chi connectivity index (χ2n) is 4.81. The van der Waals surface area contributed by atoms with E-state index in [4.69, 9.17) is 0 Å². The summed E-state index contributed by atoms with van der Waals surface area (Å²) in [5.74, 6) is 0.419. The molecule has 1 aliphatic carbocycles. The lowest BCUT2D eigenvalue weighted by molar-refractivity contribution is 0.0946. The van der Waals surface area contributed by atoms with E-state index in [-0.39, 0.29) is 11.7 Å². The smallest absolute Gasteiger partial charge is 0.166 e. The van der Waals surface area contributed by atoms with E-state index in [2.05, 4.69) is 16.7 Å². The number of Topliss-reactive ketones (excluding diaryl/α,β-unsaturated/α-hetero) is 1. The van der Waals surface area contributed by atoms with Gasteiger partial charge in [0.25, 0.3) is 0 Å². The van der Waals surface area contributed by atoms with Gasteiger partial charge in [0.2, 0.25) is 0 Å². The van der Waals surface area contributed by atoms with Crippen LogP contribution in [0.4, 0.5) is 0 Å². The largest absolute Gasteiger partial charge is 0.351 e. The van der Waals surface area contributed by atoms with Crippen molar-refractivity contribution < 1.29 is 4.79 Å². The van der Waals surface area contributed by atoms with E-state index in [0.29, 0.717) is 0 Å². The Labute approximate surface area is 101 Å². The van der Waals surface area contributed by atoms with E-state index in [1.54, 1.807) is 0 Å². The van der Waals surface area contributed by atoms with Crippen LogP contribution in [0, 0.1) is 5.92 Å². The molecule has 1 aliphatic rings. The van der Waals surface area contributed by atoms with Crippen LogP contribution in [0.2, 0.25) is 0 Å². The zero-order chi connectivity index (χ0) is 12.0. The van der Waals surface area contributed by atoms with E-state index in [1.807, 2.05) is 38.4 Å². The molecule has 3 rings (SSSR count). The van der Waals surface area contributed by atoms with E-state index in [9.17, 15) is 4.79 Å². The summed E-state index contributed by atoms with van der Waals surface area (Å²) in [5, 5.41) is 0. The van der Waals surface area contributed by atoms with Crippen LogP contribution in [0.1, 0.15) is 22.8 Å². The normalized spacial score (nSPS) is 18.5. The summed E-state index contributed by atoms with van der Waals surface area (Å²) in [7, 11) is 2.04. The number of carbonyl (C=O) groups is 1. The lowest BCUT2D eigenvalue weighted by Gasteiger charge is -2.08. The maximum Gasteiger partial charge on any atom is 0.166 e. The molecule has 0 amide bonds. The van der Waals surface area contributed by atoms with E-state index in [1.165, 1.54) is 16.8 Å². The van der Waals surface area contributed by atoms with Crippen molar-refractivity contribution in [2.45, 2.75) is 13.3 Å². The van der Waals surface area contributed by atoms with Gasteiger partial charge < -0.3 is 4.57 Å². The maximum atomic E-state index is 12.0. The van der Waals surface area contributed by atoms with Gasteiger partial charge in [-0.3, -0.25) is 4.79 Å². The molecule has 2 aromatic rings. The first-order valence-electron chi connectivity index (χ1n) is 5.96. The fraction of sp³-hybridized carbons (Fsp3) is 0.267. The van der Waals surface area contributed by atoms with Crippen molar-refractivity contribution in [3.63, 3.8) is 0 Å². The van der Waals surface area contributed by atoms with Gasteiger partial charge in [0, 0.05) is 36.0 Å². The van der Waals surface area contributed by atoms with Crippen molar-refractivity contribution >= 4 is 5.78 Å². The van der Waals surface area contributed by atoms with E-state index in [0.717, 1.165) is 12.0 Å². The predicted molar refractivity (Wildman–Crippen MR) is 68.0 cm³/mol. The third kappa shape index (κ3) is 1.44. The van der Waals surface area contributed by atoms with Crippen LogP contribution in [0.25, 0.3) is 11.3 Å². The number of ketones is 1. The molecular formula is C15H15NO. The highest BCUT2D eigenvalue weighted by Gasteiger charge is 2.29. The molecule has 0 fully saturated rings. The molecule has 86 valence electrons. The molecule has 0 radical (unpaired) electrons. The molecule has 0 spiro atoms. The third-order valence-corrected chi connectivity index (χ3v) is 3.62. The Bertz CT molecular complexity index is 595. The van der Waals surface area contributed by atoms with Gasteiger partial charge in [0.15, 0.2) is 5.78 Å². The molecule has 1 atom stereocenters. The zero-order valence-corrected chi connectivity index (χ0v) is 10.1. The van der Waals surface area contributed by atoms with Gasteiger partial charge >= 0.3 is 0 Å². The second kappa shape index (κ2) is 3.59. The van der Waals surface area contributed by atoms with Gasteiger partial charge in [-0.05, 0) is 24.1 Å². The summed E-state index contributed by atoms with van der Waals surface area (Å²) in [6.07, 6.45) is 2.91. The van der Waals surface area contributed by atoms with Gasteiger partial charge in [0.1, 0.15) is 0 Å². The van der Waals surface area contributed by atoms with Crippen molar-refractivity contribution in [1.29, 1.82) is 0 Å². The highest BCUT2D eigenvalue weighted by Crippen LogP contribution is 2.34. The molecular weight excluding hydrogens is 210 g/mol. The molecule has 17 heavy (non-hydrogen) atoms. The fourth-order valence-electron chi connectivity index (χ4n) is 2.68. The lowest BCUT2D eigenvalue weighted by atomic mass is 10.0. The number of carbonyl (C=O) groups excluding carboxylic acids is 1. The first-order valence-corrected chi connectivity index (χ1v) is 5.96. The average molecular weight is 225 g/mol. The Morgan fingerprint density at radius 3 is 2.65 bits per heavy atom. The number of aryl methyl sites for hydroxylation is 1. The first kappa shape index (κ1) is 10.3. The lowest BCUT2D eigenvalue weighted by Crippen LogP contribution is -2.02. The van der Waals surface area contributed by atoms with Gasteiger partial charge in [-0.25, -0.2) is 0 Å². The predicted octanol–water partition coefficient (Wildman–Crippen LogP) is 3.07. The van der Waals surface area contributed by atoms with Crippen molar-refractivity contribution in [2.75, 3.05) is 0 Å². The zero-order valence-electron chi connectivity index (χ0n) is 10.1. The van der Waals surface area contributed by atoms with Gasteiger partial charge in [-0.15, -0.1) is 0 Å². The van der Waals surface area contributed by atoms with E-state index >= 15 is 0 Å². The standard InChI is InChI=1S/C15H15NO/c1-10-9-13-11(14-7-4-8-16(14)2)5-3-6-12(13)15(10)17/h3-8,10H,9H2,1-2H3. The van der Waals surface area contributed by atoms with Crippen LogP contribution < -0.4 is 0 Å². The van der Waals surface area contributed by atoms with Crippen LogP contribution in [-0.2, 0) is 13.5 Å². The van der Waals surface area contributed by atoms with Crippen molar-refractivity contribution in [1.82, 2.24) is 4.57 Å². The Balaban J connectivity index is 2.22. The number of aromatic nitrogens is 1. The summed E-state index contributed by atoms with van der Waals surface area (Å²) < 4.78 is 2.10. The number of hydrogen-bond donors (Lipinski definition) is 0. The van der Waals surface area contributed by atoms with Crippen molar-refractivity contribution in [3.05, 3.63) is 47.7 Å². The Morgan fingerprint density at radius 2 is 1.94 bits per heavy atom. The monoisotopic (exact) mass is 225 g/mol. The van der Waals surface area contributed by atoms with Crippen LogP contribution >= 0.6 is 0 Å². The molecule has 0 saturated heterocycles. The number of nitrogens with zero attached hydrogens (tertiary/aromatic N) is 1. The van der Waals surface area contributed by atoms with Crippen LogP contribution in [0.5, 0.6) is 0 Å². The summed E-state index contributed by atoms with van der Waals surface area (Å²) in [5.41, 5.74) is 4.51. The molecule has 2 nitrogen and oxygen atoms in total. The molecule has 1 unspecified atom stereocenters. The molecule has 0 aliphatic heterocycles. The quantitative estimate of drug-likeness (QED) is 0.731. The molecule has 2 heteroatoms. The number of fused-ring (bicyclic) bond motifs is 1. The van der Waals surface area contributed by atoms with Crippen LogP contribution in [0.3, 0.4) is 0 Å². The first-order chi connectivity index (χ1) is 8.18. The highest BCUT2D eigenvalue weighted by atomic mass is 16.1. The molecule has 0 bridgehead atoms. The number of benzene rings is 1. The van der Waals surface area contributed by atoms with Crippen molar-refractivity contribution in [2.24, 2.45) is 13.0 Å². The van der Waals surface area contributed by atoms with Crippen molar-refractivity contribution in [3.8, 4) is 11.3 Å². The van der Waals surface area contributed by atoms with Gasteiger partial charge in [-0.1, -0.05) is 25.1 Å². The summed E-state index contributed by atoms with van der Waals surface area (Å²) in [4.78, 5) is 12.0. The molecule has 1 aromatic heterocycles. The molecule has 0 N–H and O–H groups in total. The number of rotatable bonds is 1. The average Bonchev–Trinajstić information content (AvgIpc) is 2.85.